The first-order chi connectivity index (χ1) is 31.0. The standard InChI is InChI=1S/C47H60N8O8S2/c1-28(2)20-32(50-30(5)56)21-43(57)55-26-34(63-41-24-38(39-27-64-46(52-39)49-29(3)4)51-37-22-33(62-6)17-18-35(37)41)23-40(55)44(58)53-47-25-31(47)14-10-8-7-9-13-19-48-36-15-11-12-16-42(36)65(60,61)54-45(47)59/h10-12,14-18,22,24,27-29,31-32,34,40,48H,7-9,13,19-21,23,25-26H2,1-6H3,(H,49,52)(H,50,56)(H,53,58)(H,54,59)/t31-,32+,34-,40+,47-/m1/s1. The van der Waals surface area contributed by atoms with Crippen molar-refractivity contribution in [2.45, 2.75) is 121 Å². The zero-order valence-electron chi connectivity index (χ0n) is 37.8. The fraction of sp³-hybridized carbons (Fsp3) is 0.489. The van der Waals surface area contributed by atoms with Crippen molar-refractivity contribution < 1.29 is 37.1 Å². The van der Waals surface area contributed by atoms with Crippen LogP contribution in [-0.2, 0) is 29.2 Å². The van der Waals surface area contributed by atoms with Crippen LogP contribution in [0.15, 0.2) is 71.0 Å². The first-order valence-corrected chi connectivity index (χ1v) is 24.7. The van der Waals surface area contributed by atoms with E-state index in [0.717, 1.165) is 30.8 Å². The molecule has 4 amide bonds. The normalized spacial score (nSPS) is 22.4. The number of likely N-dealkylation sites (tertiary alicyclic amines) is 1. The number of hydrogen-bond acceptors (Lipinski definition) is 13. The summed E-state index contributed by atoms with van der Waals surface area (Å²) in [6.07, 6.45) is 7.21. The number of hydrogen-bond donors (Lipinski definition) is 5. The second-order valence-corrected chi connectivity index (χ2v) is 20.4. The number of methoxy groups -OCH3 is 1. The summed E-state index contributed by atoms with van der Waals surface area (Å²) in [6, 6.07) is 12.2. The second kappa shape index (κ2) is 20.2. The highest BCUT2D eigenvalue weighted by Gasteiger charge is 2.61. The molecule has 2 aliphatic heterocycles. The quantitative estimate of drug-likeness (QED) is 0.0924. The molecular weight excluding hydrogens is 869 g/mol. The largest absolute Gasteiger partial charge is 0.497 e. The van der Waals surface area contributed by atoms with E-state index in [1.165, 1.54) is 29.2 Å². The number of allylic oxidation sites excluding steroid dienone is 1. The summed E-state index contributed by atoms with van der Waals surface area (Å²) < 4.78 is 42.3. The Hall–Kier alpha value is -5.75. The van der Waals surface area contributed by atoms with Crippen molar-refractivity contribution in [2.75, 3.05) is 30.8 Å². The molecule has 4 heterocycles. The average molecular weight is 929 g/mol. The van der Waals surface area contributed by atoms with Crippen LogP contribution in [0.1, 0.15) is 86.0 Å². The fourth-order valence-electron chi connectivity index (χ4n) is 8.65. The van der Waals surface area contributed by atoms with Gasteiger partial charge in [0.05, 0.1) is 30.6 Å². The van der Waals surface area contributed by atoms with Gasteiger partial charge in [-0.15, -0.1) is 11.3 Å². The van der Waals surface area contributed by atoms with Gasteiger partial charge in [-0.05, 0) is 76.1 Å². The molecule has 348 valence electrons. The van der Waals surface area contributed by atoms with Crippen molar-refractivity contribution in [2.24, 2.45) is 11.8 Å². The van der Waals surface area contributed by atoms with Gasteiger partial charge in [0.1, 0.15) is 39.8 Å². The number of thiazole rings is 1. The molecule has 1 aliphatic carbocycles. The lowest BCUT2D eigenvalue weighted by atomic mass is 10.00. The molecule has 65 heavy (non-hydrogen) atoms. The Morgan fingerprint density at radius 1 is 1.03 bits per heavy atom. The van der Waals surface area contributed by atoms with Gasteiger partial charge in [-0.25, -0.2) is 23.1 Å². The third-order valence-corrected chi connectivity index (χ3v) is 14.0. The molecule has 2 aromatic heterocycles. The van der Waals surface area contributed by atoms with Crippen LogP contribution in [0.25, 0.3) is 22.3 Å². The molecule has 0 bridgehead atoms. The van der Waals surface area contributed by atoms with E-state index in [1.807, 2.05) is 51.3 Å². The van der Waals surface area contributed by atoms with Crippen LogP contribution in [0.3, 0.4) is 0 Å². The Labute approximate surface area is 384 Å². The number of fused-ring (bicyclic) bond motifs is 3. The SMILES string of the molecule is COc1ccc2c(O[C@@H]3C[C@@H](C(=O)N[C@]45C[C@H]4C=CCCCCCNc4ccccc4S(=O)(=O)NC5=O)N(C(=O)C[C@H](CC(C)C)NC(C)=O)C3)cc(-c3csc(NC(C)C)n3)nc2c1. The van der Waals surface area contributed by atoms with E-state index >= 15 is 0 Å². The molecule has 0 spiro atoms. The Bertz CT molecular complexity index is 2550. The number of pyridine rings is 1. The summed E-state index contributed by atoms with van der Waals surface area (Å²) in [5.74, 6) is -1.42. The highest BCUT2D eigenvalue weighted by molar-refractivity contribution is 7.90. The number of rotatable bonds is 13. The lowest BCUT2D eigenvalue weighted by molar-refractivity contribution is -0.140. The maximum absolute atomic E-state index is 14.8. The van der Waals surface area contributed by atoms with Crippen molar-refractivity contribution in [1.29, 1.82) is 0 Å². The summed E-state index contributed by atoms with van der Waals surface area (Å²) in [5, 5.41) is 15.7. The van der Waals surface area contributed by atoms with Crippen LogP contribution < -0.4 is 35.5 Å². The summed E-state index contributed by atoms with van der Waals surface area (Å²) in [7, 11) is -2.80. The van der Waals surface area contributed by atoms with Gasteiger partial charge in [0.2, 0.25) is 17.7 Å². The highest BCUT2D eigenvalue weighted by Crippen LogP contribution is 2.46. The number of para-hydroxylation sites is 1. The zero-order chi connectivity index (χ0) is 46.5. The molecule has 3 aliphatic rings. The van der Waals surface area contributed by atoms with Crippen molar-refractivity contribution in [3.8, 4) is 22.9 Å². The highest BCUT2D eigenvalue weighted by atomic mass is 32.2. The molecule has 2 fully saturated rings. The average Bonchev–Trinajstić information content (AvgIpc) is 3.51. The van der Waals surface area contributed by atoms with Gasteiger partial charge in [0, 0.05) is 67.2 Å². The van der Waals surface area contributed by atoms with Gasteiger partial charge in [0.25, 0.3) is 15.9 Å². The van der Waals surface area contributed by atoms with Gasteiger partial charge < -0.3 is 35.6 Å². The molecule has 1 saturated heterocycles. The van der Waals surface area contributed by atoms with Crippen molar-refractivity contribution in [3.63, 3.8) is 0 Å². The molecule has 0 unspecified atom stereocenters. The van der Waals surface area contributed by atoms with E-state index in [1.54, 1.807) is 43.5 Å². The number of carbonyl (C=O) groups excluding carboxylic acids is 4. The number of carbonyl (C=O) groups is 4. The van der Waals surface area contributed by atoms with Crippen LogP contribution in [0.5, 0.6) is 11.5 Å². The minimum Gasteiger partial charge on any atom is -0.497 e. The van der Waals surface area contributed by atoms with Gasteiger partial charge in [0.15, 0.2) is 5.13 Å². The third-order valence-electron chi connectivity index (χ3n) is 11.8. The van der Waals surface area contributed by atoms with Crippen molar-refractivity contribution in [1.82, 2.24) is 30.2 Å². The van der Waals surface area contributed by atoms with E-state index in [9.17, 15) is 27.6 Å². The molecule has 18 heteroatoms. The number of benzene rings is 2. The smallest absolute Gasteiger partial charge is 0.266 e. The minimum atomic E-state index is -4.38. The Morgan fingerprint density at radius 2 is 1.83 bits per heavy atom. The molecule has 4 aromatic rings. The van der Waals surface area contributed by atoms with Gasteiger partial charge >= 0.3 is 0 Å². The van der Waals surface area contributed by atoms with Crippen LogP contribution >= 0.6 is 11.3 Å². The summed E-state index contributed by atoms with van der Waals surface area (Å²) >= 11 is 1.46. The number of nitrogens with one attached hydrogen (secondary N) is 5. The first-order valence-electron chi connectivity index (χ1n) is 22.4. The molecule has 0 radical (unpaired) electrons. The monoisotopic (exact) mass is 928 g/mol. The predicted molar refractivity (Wildman–Crippen MR) is 251 cm³/mol. The molecule has 16 nitrogen and oxygen atoms in total. The molecule has 7 rings (SSSR count). The second-order valence-electron chi connectivity index (χ2n) is 17.9. The van der Waals surface area contributed by atoms with Gasteiger partial charge in [-0.2, -0.15) is 0 Å². The number of anilines is 2. The fourth-order valence-corrected chi connectivity index (χ4v) is 10.7. The predicted octanol–water partition coefficient (Wildman–Crippen LogP) is 6.40. The summed E-state index contributed by atoms with van der Waals surface area (Å²) in [5.41, 5.74) is 0.551. The van der Waals surface area contributed by atoms with E-state index in [2.05, 4.69) is 26.0 Å². The summed E-state index contributed by atoms with van der Waals surface area (Å²) in [6.45, 7) is 10.0. The van der Waals surface area contributed by atoms with Gasteiger partial charge in [-0.1, -0.05) is 44.6 Å². The van der Waals surface area contributed by atoms with Crippen molar-refractivity contribution >= 4 is 66.7 Å². The molecule has 5 atom stereocenters. The van der Waals surface area contributed by atoms with Crippen LogP contribution in [0.2, 0.25) is 0 Å². The van der Waals surface area contributed by atoms with Crippen LogP contribution in [0.4, 0.5) is 10.8 Å². The molecule has 2 aromatic carbocycles. The van der Waals surface area contributed by atoms with E-state index < -0.39 is 51.5 Å². The van der Waals surface area contributed by atoms with E-state index in [0.29, 0.717) is 52.4 Å². The number of sulfonamides is 1. The number of ether oxygens (including phenoxy) is 2. The lowest BCUT2D eigenvalue weighted by Crippen LogP contribution is -2.56. The Balaban J connectivity index is 1.21. The Kier molecular flexibility index (Phi) is 14.7. The summed E-state index contributed by atoms with van der Waals surface area (Å²) in [4.78, 5) is 66.9. The topological polar surface area (TPSA) is 210 Å². The lowest BCUT2D eigenvalue weighted by Gasteiger charge is -2.28. The van der Waals surface area contributed by atoms with Crippen LogP contribution in [-0.4, -0.2) is 96.9 Å². The maximum atomic E-state index is 14.8. The number of nitrogens with zero attached hydrogens (tertiary/aromatic N) is 3. The molecule has 5 N–H and O–H groups in total. The number of aromatic nitrogens is 2. The Morgan fingerprint density at radius 3 is 2.58 bits per heavy atom. The van der Waals surface area contributed by atoms with E-state index in [4.69, 9.17) is 19.4 Å². The van der Waals surface area contributed by atoms with Crippen molar-refractivity contribution in [3.05, 3.63) is 66.1 Å². The van der Waals surface area contributed by atoms with Crippen LogP contribution in [0, 0.1) is 11.8 Å². The first kappa shape index (κ1) is 47.2. The maximum Gasteiger partial charge on any atom is 0.266 e. The number of amides is 4. The molecule has 1 saturated carbocycles. The molecular formula is C47H60N8O8S2. The van der Waals surface area contributed by atoms with Gasteiger partial charge in [-0.3, -0.25) is 19.2 Å². The van der Waals surface area contributed by atoms with E-state index in [-0.39, 0.29) is 54.5 Å². The minimum absolute atomic E-state index is 0.0144. The third kappa shape index (κ3) is 11.4. The zero-order valence-corrected chi connectivity index (χ0v) is 39.4.